The van der Waals surface area contributed by atoms with Crippen molar-refractivity contribution in [2.75, 3.05) is 6.61 Å². The predicted octanol–water partition coefficient (Wildman–Crippen LogP) is 3.45. The Kier molecular flexibility index (Phi) is 3.50. The molecule has 0 radical (unpaired) electrons. The molecule has 110 valence electrons. The molecule has 2 unspecified atom stereocenters. The minimum atomic E-state index is -1.44. The van der Waals surface area contributed by atoms with Gasteiger partial charge in [0.15, 0.2) is 17.5 Å². The van der Waals surface area contributed by atoms with Gasteiger partial charge in [0.2, 0.25) is 0 Å². The third kappa shape index (κ3) is 2.33. The number of halogens is 3. The maximum absolute atomic E-state index is 13.3. The molecule has 0 aromatic heterocycles. The van der Waals surface area contributed by atoms with Gasteiger partial charge in [0.25, 0.3) is 0 Å². The largest absolute Gasteiger partial charge is 0.375 e. The molecule has 2 aliphatic rings. The van der Waals surface area contributed by atoms with Gasteiger partial charge in [0.1, 0.15) is 0 Å². The van der Waals surface area contributed by atoms with Crippen LogP contribution in [0.2, 0.25) is 0 Å². The Morgan fingerprint density at radius 1 is 1.20 bits per heavy atom. The average Bonchev–Trinajstić information content (AvgIpc) is 2.42. The molecule has 5 heteroatoms. The lowest BCUT2D eigenvalue weighted by Gasteiger charge is -2.48. The van der Waals surface area contributed by atoms with Crippen molar-refractivity contribution < 1.29 is 17.9 Å². The van der Waals surface area contributed by atoms with Crippen molar-refractivity contribution >= 4 is 0 Å². The highest BCUT2D eigenvalue weighted by molar-refractivity contribution is 5.23. The lowest BCUT2D eigenvalue weighted by Crippen LogP contribution is -2.47. The first-order chi connectivity index (χ1) is 9.51. The van der Waals surface area contributed by atoms with Crippen LogP contribution in [0.25, 0.3) is 0 Å². The van der Waals surface area contributed by atoms with E-state index >= 15 is 0 Å². The summed E-state index contributed by atoms with van der Waals surface area (Å²) in [6.45, 7) is 0.629. The highest BCUT2D eigenvalue weighted by atomic mass is 19.2. The molecule has 1 aliphatic carbocycles. The highest BCUT2D eigenvalue weighted by Crippen LogP contribution is 2.46. The van der Waals surface area contributed by atoms with Gasteiger partial charge in [-0.15, -0.1) is 0 Å². The number of hydrogen-bond acceptors (Lipinski definition) is 2. The fourth-order valence-corrected chi connectivity index (χ4v) is 3.33. The van der Waals surface area contributed by atoms with Gasteiger partial charge in [-0.1, -0.05) is 0 Å². The van der Waals surface area contributed by atoms with Gasteiger partial charge in [-0.25, -0.2) is 13.2 Å². The quantitative estimate of drug-likeness (QED) is 0.845. The topological polar surface area (TPSA) is 35.2 Å². The average molecular weight is 285 g/mol. The second kappa shape index (κ2) is 5.04. The van der Waals surface area contributed by atoms with Crippen LogP contribution in [0.5, 0.6) is 0 Å². The van der Waals surface area contributed by atoms with Crippen LogP contribution in [-0.4, -0.2) is 12.2 Å². The number of rotatable bonds is 2. The van der Waals surface area contributed by atoms with Gasteiger partial charge in [0, 0.05) is 12.6 Å². The minimum Gasteiger partial charge on any atom is -0.375 e. The molecule has 1 saturated carbocycles. The molecule has 1 aromatic rings. The molecule has 2 fully saturated rings. The number of ether oxygens (including phenoxy) is 1. The molecular weight excluding hydrogens is 267 g/mol. The van der Waals surface area contributed by atoms with Crippen LogP contribution in [0, 0.1) is 23.4 Å². The van der Waals surface area contributed by atoms with Crippen LogP contribution in [0.4, 0.5) is 13.2 Å². The molecule has 2 atom stereocenters. The van der Waals surface area contributed by atoms with Crippen LogP contribution in [0.3, 0.4) is 0 Å². The number of benzene rings is 1. The van der Waals surface area contributed by atoms with E-state index in [4.69, 9.17) is 10.5 Å². The first-order valence-corrected chi connectivity index (χ1v) is 7.05. The summed E-state index contributed by atoms with van der Waals surface area (Å²) in [6, 6.07) is 1.53. The van der Waals surface area contributed by atoms with E-state index in [0.717, 1.165) is 44.2 Å². The summed E-state index contributed by atoms with van der Waals surface area (Å²) in [6.07, 6.45) is 4.80. The van der Waals surface area contributed by atoms with Crippen molar-refractivity contribution in [1.82, 2.24) is 0 Å². The number of hydrogen-bond donors (Lipinski definition) is 1. The van der Waals surface area contributed by atoms with E-state index in [1.54, 1.807) is 0 Å². The summed E-state index contributed by atoms with van der Waals surface area (Å²) >= 11 is 0. The van der Waals surface area contributed by atoms with Crippen molar-refractivity contribution in [3.8, 4) is 0 Å². The van der Waals surface area contributed by atoms with E-state index in [1.807, 2.05) is 0 Å². The summed E-state index contributed by atoms with van der Waals surface area (Å²) in [5.41, 5.74) is 6.40. The van der Waals surface area contributed by atoms with E-state index < -0.39 is 23.5 Å². The molecular formula is C15H18F3NO. The number of nitrogens with two attached hydrogens (primary N) is 1. The normalized spacial score (nSPS) is 26.3. The molecule has 3 rings (SSSR count). The lowest BCUT2D eigenvalue weighted by molar-refractivity contribution is -0.146. The zero-order chi connectivity index (χ0) is 14.3. The van der Waals surface area contributed by atoms with Crippen molar-refractivity contribution in [2.45, 2.75) is 43.7 Å². The Hall–Kier alpha value is -1.07. The van der Waals surface area contributed by atoms with Gasteiger partial charge >= 0.3 is 0 Å². The predicted molar refractivity (Wildman–Crippen MR) is 68.5 cm³/mol. The van der Waals surface area contributed by atoms with Crippen LogP contribution < -0.4 is 5.73 Å². The third-order valence-electron chi connectivity index (χ3n) is 4.69. The maximum atomic E-state index is 13.3. The molecule has 0 bridgehead atoms. The maximum Gasteiger partial charge on any atom is 0.194 e. The van der Waals surface area contributed by atoms with Gasteiger partial charge in [0.05, 0.1) is 5.60 Å². The molecule has 1 heterocycles. The minimum absolute atomic E-state index is 0.0718. The molecule has 1 aliphatic heterocycles. The lowest BCUT2D eigenvalue weighted by atomic mass is 9.70. The van der Waals surface area contributed by atoms with Crippen molar-refractivity contribution in [3.63, 3.8) is 0 Å². The highest BCUT2D eigenvalue weighted by Gasteiger charge is 2.44. The molecule has 1 saturated heterocycles. The van der Waals surface area contributed by atoms with Crippen LogP contribution in [-0.2, 0) is 4.74 Å². The SMILES string of the molecule is NC(c1cc(F)c(F)c(F)c1)C1CCOC2(CCC2)C1. The summed E-state index contributed by atoms with van der Waals surface area (Å²) in [7, 11) is 0. The summed E-state index contributed by atoms with van der Waals surface area (Å²) in [5, 5.41) is 0. The zero-order valence-corrected chi connectivity index (χ0v) is 11.2. The Morgan fingerprint density at radius 3 is 2.40 bits per heavy atom. The summed E-state index contributed by atoms with van der Waals surface area (Å²) < 4.78 is 45.4. The van der Waals surface area contributed by atoms with Crippen molar-refractivity contribution in [1.29, 1.82) is 0 Å². The van der Waals surface area contributed by atoms with Gasteiger partial charge < -0.3 is 10.5 Å². The molecule has 20 heavy (non-hydrogen) atoms. The first-order valence-electron chi connectivity index (χ1n) is 7.05. The van der Waals surface area contributed by atoms with Crippen LogP contribution in [0.1, 0.15) is 43.7 Å². The van der Waals surface area contributed by atoms with Crippen LogP contribution in [0.15, 0.2) is 12.1 Å². The van der Waals surface area contributed by atoms with E-state index in [2.05, 4.69) is 0 Å². The van der Waals surface area contributed by atoms with Crippen LogP contribution >= 0.6 is 0 Å². The monoisotopic (exact) mass is 285 g/mol. The van der Waals surface area contributed by atoms with E-state index in [1.165, 1.54) is 0 Å². The summed E-state index contributed by atoms with van der Waals surface area (Å²) in [5.74, 6) is -3.68. The fraction of sp³-hybridized carbons (Fsp3) is 0.600. The van der Waals surface area contributed by atoms with Gasteiger partial charge in [-0.05, 0) is 55.7 Å². The smallest absolute Gasteiger partial charge is 0.194 e. The molecule has 1 aromatic carbocycles. The Bertz CT molecular complexity index is 493. The molecule has 1 spiro atoms. The second-order valence-corrected chi connectivity index (χ2v) is 5.96. The van der Waals surface area contributed by atoms with E-state index in [0.29, 0.717) is 12.2 Å². The van der Waals surface area contributed by atoms with Crippen molar-refractivity contribution in [3.05, 3.63) is 35.1 Å². The fourth-order valence-electron chi connectivity index (χ4n) is 3.33. The Balaban J connectivity index is 1.79. The van der Waals surface area contributed by atoms with Crippen molar-refractivity contribution in [2.24, 2.45) is 11.7 Å². The van der Waals surface area contributed by atoms with E-state index in [-0.39, 0.29) is 11.5 Å². The first kappa shape index (κ1) is 13.9. The standard InChI is InChI=1S/C15H18F3NO/c16-11-6-10(7-12(17)13(11)18)14(19)9-2-5-20-15(8-9)3-1-4-15/h6-7,9,14H,1-5,8,19H2. The Labute approximate surface area is 116 Å². The second-order valence-electron chi connectivity index (χ2n) is 5.96. The van der Waals surface area contributed by atoms with Gasteiger partial charge in [-0.3, -0.25) is 0 Å². The van der Waals surface area contributed by atoms with Gasteiger partial charge in [-0.2, -0.15) is 0 Å². The Morgan fingerprint density at radius 2 is 1.85 bits per heavy atom. The zero-order valence-electron chi connectivity index (χ0n) is 11.2. The molecule has 2 nitrogen and oxygen atoms in total. The molecule has 0 amide bonds. The summed E-state index contributed by atoms with van der Waals surface area (Å²) in [4.78, 5) is 0. The third-order valence-corrected chi connectivity index (χ3v) is 4.69. The molecule has 2 N–H and O–H groups in total. The van der Waals surface area contributed by atoms with E-state index in [9.17, 15) is 13.2 Å².